The highest BCUT2D eigenvalue weighted by Crippen LogP contribution is 2.31. The van der Waals surface area contributed by atoms with Gasteiger partial charge in [0.25, 0.3) is 0 Å². The number of carboxylic acid groups (broad SMARTS) is 1. The number of aliphatic carboxylic acids is 1. The van der Waals surface area contributed by atoms with Crippen molar-refractivity contribution in [1.29, 1.82) is 0 Å². The van der Waals surface area contributed by atoms with Crippen LogP contribution in [0.25, 0.3) is 0 Å². The Morgan fingerprint density at radius 3 is 2.18 bits per heavy atom. The normalized spacial score (nSPS) is 14.8. The predicted octanol–water partition coefficient (Wildman–Crippen LogP) is -0.506. The first-order valence-corrected chi connectivity index (χ1v) is 5.72. The van der Waals surface area contributed by atoms with Crippen LogP contribution in [0.5, 0.6) is 0 Å². The lowest BCUT2D eigenvalue weighted by atomic mass is 10.1. The molecule has 17 heavy (non-hydrogen) atoms. The summed E-state index contributed by atoms with van der Waals surface area (Å²) >= 11 is 1.06. The van der Waals surface area contributed by atoms with Crippen LogP contribution in [0.1, 0.15) is 20.8 Å². The number of rotatable bonds is 5. The molecular weight excluding hydrogens is 246 g/mol. The minimum Gasteiger partial charge on any atom is -0.480 e. The smallest absolute Gasteiger partial charge is 0.321 e. The molecule has 0 aromatic carbocycles. The molecule has 0 rings (SSSR count). The Hall–Kier alpha value is -1.28. The minimum absolute atomic E-state index is 0.576. The number of amides is 3. The number of imide groups is 1. The van der Waals surface area contributed by atoms with Gasteiger partial charge < -0.3 is 16.6 Å². The van der Waals surface area contributed by atoms with Gasteiger partial charge in [-0.25, -0.2) is 4.79 Å². The maximum Gasteiger partial charge on any atom is 0.321 e. The maximum atomic E-state index is 11.4. The van der Waals surface area contributed by atoms with Crippen LogP contribution in [-0.2, 0) is 9.59 Å². The van der Waals surface area contributed by atoms with Crippen molar-refractivity contribution >= 4 is 29.7 Å². The van der Waals surface area contributed by atoms with Gasteiger partial charge in [0.1, 0.15) is 6.04 Å². The molecule has 0 bridgehead atoms. The fourth-order valence-electron chi connectivity index (χ4n) is 1.10. The van der Waals surface area contributed by atoms with Crippen LogP contribution in [0.3, 0.4) is 0 Å². The summed E-state index contributed by atoms with van der Waals surface area (Å²) in [5.41, 5.74) is 10.3. The second kappa shape index (κ2) is 5.87. The van der Waals surface area contributed by atoms with E-state index in [0.29, 0.717) is 0 Å². The second-order valence-electron chi connectivity index (χ2n) is 4.03. The topological polar surface area (TPSA) is 136 Å². The molecule has 0 spiro atoms. The van der Waals surface area contributed by atoms with Crippen molar-refractivity contribution in [1.82, 2.24) is 5.32 Å². The van der Waals surface area contributed by atoms with Crippen LogP contribution in [0.15, 0.2) is 0 Å². The van der Waals surface area contributed by atoms with Crippen LogP contribution in [0.2, 0.25) is 0 Å². The van der Waals surface area contributed by atoms with Crippen molar-refractivity contribution in [3.05, 3.63) is 0 Å². The van der Waals surface area contributed by atoms with Crippen molar-refractivity contribution in [2.24, 2.45) is 11.5 Å². The molecule has 3 amide bonds. The van der Waals surface area contributed by atoms with Crippen molar-refractivity contribution in [2.45, 2.75) is 36.8 Å². The summed E-state index contributed by atoms with van der Waals surface area (Å²) in [4.78, 5) is 32.6. The Morgan fingerprint density at radius 2 is 1.82 bits per heavy atom. The standard InChI is InChI=1S/C9H17N3O4S/c1-4(6(13)12-8(11)16)17-9(2,3)5(10)7(14)15/h4-5H,10H2,1-3H3,(H,14,15)(H3,11,12,13,16)/t4?,5-/m0/s1. The first-order chi connectivity index (χ1) is 7.58. The average molecular weight is 263 g/mol. The molecule has 0 radical (unpaired) electrons. The molecule has 0 heterocycles. The summed E-state index contributed by atoms with van der Waals surface area (Å²) in [6.45, 7) is 4.77. The molecule has 0 saturated carbocycles. The first kappa shape index (κ1) is 15.7. The SMILES string of the molecule is CC(SC(C)(C)[C@@H](N)C(=O)O)C(=O)NC(N)=O. The second-order valence-corrected chi connectivity index (χ2v) is 6.03. The van der Waals surface area contributed by atoms with Gasteiger partial charge in [-0.2, -0.15) is 0 Å². The molecule has 1 unspecified atom stereocenters. The van der Waals surface area contributed by atoms with E-state index in [4.69, 9.17) is 16.6 Å². The number of nitrogens with one attached hydrogen (secondary N) is 1. The summed E-state index contributed by atoms with van der Waals surface area (Å²) in [6, 6.07) is -2.06. The summed E-state index contributed by atoms with van der Waals surface area (Å²) in [5, 5.41) is 10.1. The number of hydrogen-bond acceptors (Lipinski definition) is 5. The Bertz CT molecular complexity index is 332. The summed E-state index contributed by atoms with van der Waals surface area (Å²) in [5.74, 6) is -1.72. The van der Waals surface area contributed by atoms with E-state index >= 15 is 0 Å². The average Bonchev–Trinajstić information content (AvgIpc) is 2.14. The summed E-state index contributed by atoms with van der Waals surface area (Å²) < 4.78 is -0.847. The fourth-order valence-corrected chi connectivity index (χ4v) is 2.43. The van der Waals surface area contributed by atoms with E-state index in [-0.39, 0.29) is 0 Å². The molecule has 8 heteroatoms. The molecule has 0 aliphatic heterocycles. The lowest BCUT2D eigenvalue weighted by Gasteiger charge is -2.30. The molecule has 0 saturated heterocycles. The molecule has 0 aromatic rings. The van der Waals surface area contributed by atoms with Crippen LogP contribution >= 0.6 is 11.8 Å². The van der Waals surface area contributed by atoms with Gasteiger partial charge in [0.15, 0.2) is 0 Å². The monoisotopic (exact) mass is 263 g/mol. The lowest BCUT2D eigenvalue weighted by molar-refractivity contribution is -0.139. The Kier molecular flexibility index (Phi) is 5.43. The number of urea groups is 1. The Labute approximate surface area is 103 Å². The van der Waals surface area contributed by atoms with Gasteiger partial charge in [-0.15, -0.1) is 11.8 Å². The van der Waals surface area contributed by atoms with Crippen LogP contribution in [0, 0.1) is 0 Å². The zero-order valence-electron chi connectivity index (χ0n) is 9.89. The van der Waals surface area contributed by atoms with Gasteiger partial charge in [-0.1, -0.05) is 0 Å². The zero-order chi connectivity index (χ0) is 13.8. The molecule has 0 aromatic heterocycles. The van der Waals surface area contributed by atoms with Crippen molar-refractivity contribution in [2.75, 3.05) is 0 Å². The van der Waals surface area contributed by atoms with Crippen LogP contribution in [0.4, 0.5) is 4.79 Å². The van der Waals surface area contributed by atoms with E-state index in [2.05, 4.69) is 0 Å². The molecule has 7 nitrogen and oxygen atoms in total. The molecule has 0 aliphatic rings. The fraction of sp³-hybridized carbons (Fsp3) is 0.667. The van der Waals surface area contributed by atoms with E-state index in [0.717, 1.165) is 11.8 Å². The third kappa shape index (κ3) is 5.05. The molecule has 6 N–H and O–H groups in total. The maximum absolute atomic E-state index is 11.4. The highest BCUT2D eigenvalue weighted by Gasteiger charge is 2.35. The van der Waals surface area contributed by atoms with Crippen LogP contribution < -0.4 is 16.8 Å². The van der Waals surface area contributed by atoms with Crippen molar-refractivity contribution in [3.8, 4) is 0 Å². The summed E-state index contributed by atoms with van der Waals surface area (Å²) in [7, 11) is 0. The van der Waals surface area contributed by atoms with Crippen LogP contribution in [-0.4, -0.2) is 39.1 Å². The number of thioether (sulfide) groups is 1. The molecular formula is C9H17N3O4S. The number of primary amides is 1. The van der Waals surface area contributed by atoms with E-state index in [9.17, 15) is 14.4 Å². The molecule has 0 aliphatic carbocycles. The largest absolute Gasteiger partial charge is 0.480 e. The Balaban J connectivity index is 4.55. The highest BCUT2D eigenvalue weighted by molar-refractivity contribution is 8.02. The summed E-state index contributed by atoms with van der Waals surface area (Å²) in [6.07, 6.45) is 0. The number of carboxylic acids is 1. The van der Waals surface area contributed by atoms with Gasteiger partial charge in [0.2, 0.25) is 5.91 Å². The third-order valence-electron chi connectivity index (χ3n) is 2.11. The van der Waals surface area contributed by atoms with Gasteiger partial charge in [-0.05, 0) is 20.8 Å². The number of carbonyl (C=O) groups is 3. The number of carbonyl (C=O) groups excluding carboxylic acids is 2. The lowest BCUT2D eigenvalue weighted by Crippen LogP contribution is -2.49. The quantitative estimate of drug-likeness (QED) is 0.527. The van der Waals surface area contributed by atoms with Gasteiger partial charge in [0.05, 0.1) is 5.25 Å². The molecule has 0 fully saturated rings. The van der Waals surface area contributed by atoms with Gasteiger partial charge in [-0.3, -0.25) is 14.9 Å². The van der Waals surface area contributed by atoms with E-state index < -0.39 is 33.9 Å². The van der Waals surface area contributed by atoms with E-state index in [1.54, 1.807) is 20.8 Å². The molecule has 98 valence electrons. The third-order valence-corrected chi connectivity index (χ3v) is 3.54. The number of nitrogens with two attached hydrogens (primary N) is 2. The van der Waals surface area contributed by atoms with Crippen molar-refractivity contribution in [3.63, 3.8) is 0 Å². The van der Waals surface area contributed by atoms with Crippen molar-refractivity contribution < 1.29 is 19.5 Å². The zero-order valence-corrected chi connectivity index (χ0v) is 10.7. The highest BCUT2D eigenvalue weighted by atomic mass is 32.2. The minimum atomic E-state index is -1.15. The van der Waals surface area contributed by atoms with Gasteiger partial charge in [0, 0.05) is 4.75 Å². The van der Waals surface area contributed by atoms with E-state index in [1.165, 1.54) is 0 Å². The number of hydrogen-bond donors (Lipinski definition) is 4. The van der Waals surface area contributed by atoms with Gasteiger partial charge >= 0.3 is 12.0 Å². The van der Waals surface area contributed by atoms with E-state index in [1.807, 2.05) is 5.32 Å². The predicted molar refractivity (Wildman–Crippen MR) is 64.5 cm³/mol. The first-order valence-electron chi connectivity index (χ1n) is 4.84. The Morgan fingerprint density at radius 1 is 1.35 bits per heavy atom. The molecule has 2 atom stereocenters.